The molecule has 1 aromatic rings. The molecule has 4 heteroatoms. The summed E-state index contributed by atoms with van der Waals surface area (Å²) in [4.78, 5) is 12.1. The molecule has 1 N–H and O–H groups in total. The van der Waals surface area contributed by atoms with E-state index in [1.165, 1.54) is 24.3 Å². The highest BCUT2D eigenvalue weighted by Crippen LogP contribution is 2.25. The summed E-state index contributed by atoms with van der Waals surface area (Å²) in [6, 6.07) is 4.40. The smallest absolute Gasteiger partial charge is 0.189 e. The van der Waals surface area contributed by atoms with Gasteiger partial charge in [0.25, 0.3) is 0 Å². The molecule has 0 fully saturated rings. The zero-order valence-electron chi connectivity index (χ0n) is 12.0. The Balaban J connectivity index is 2.10. The first-order valence-electron chi connectivity index (χ1n) is 6.59. The SMILES string of the molecule is COC1(C)C=CC(C=CC(=O)c2cc(Cl)ccc2O)=CC1. The molecule has 3 nitrogen and oxygen atoms in total. The van der Waals surface area contributed by atoms with Crippen molar-refractivity contribution < 1.29 is 14.6 Å². The molecule has 0 spiro atoms. The maximum Gasteiger partial charge on any atom is 0.189 e. The fourth-order valence-corrected chi connectivity index (χ4v) is 2.14. The minimum Gasteiger partial charge on any atom is -0.507 e. The fourth-order valence-electron chi connectivity index (χ4n) is 1.97. The van der Waals surface area contributed by atoms with Gasteiger partial charge in [-0.1, -0.05) is 35.9 Å². The van der Waals surface area contributed by atoms with Crippen LogP contribution in [0.3, 0.4) is 0 Å². The lowest BCUT2D eigenvalue weighted by Crippen LogP contribution is -2.24. The maximum absolute atomic E-state index is 12.1. The Bertz CT molecular complexity index is 643. The third kappa shape index (κ3) is 3.84. The Morgan fingerprint density at radius 3 is 2.86 bits per heavy atom. The third-order valence-corrected chi connectivity index (χ3v) is 3.72. The van der Waals surface area contributed by atoms with E-state index < -0.39 is 0 Å². The molecule has 2 rings (SSSR count). The lowest BCUT2D eigenvalue weighted by atomic mass is 9.93. The van der Waals surface area contributed by atoms with Crippen LogP contribution in [0.4, 0.5) is 0 Å². The Morgan fingerprint density at radius 1 is 1.48 bits per heavy atom. The molecule has 0 aromatic heterocycles. The normalized spacial score (nSPS) is 21.6. The summed E-state index contributed by atoms with van der Waals surface area (Å²) in [5, 5.41) is 10.1. The maximum atomic E-state index is 12.1. The van der Waals surface area contributed by atoms with Crippen molar-refractivity contribution in [2.24, 2.45) is 0 Å². The van der Waals surface area contributed by atoms with Gasteiger partial charge >= 0.3 is 0 Å². The number of ether oxygens (including phenoxy) is 1. The van der Waals surface area contributed by atoms with Crippen LogP contribution in [0.2, 0.25) is 5.02 Å². The number of ketones is 1. The number of carbonyl (C=O) groups excluding carboxylic acids is 1. The van der Waals surface area contributed by atoms with E-state index in [1.807, 2.05) is 25.2 Å². The van der Waals surface area contributed by atoms with E-state index in [0.717, 1.165) is 12.0 Å². The summed E-state index contributed by atoms with van der Waals surface area (Å²) in [5.41, 5.74) is 0.840. The second-order valence-electron chi connectivity index (χ2n) is 5.12. The van der Waals surface area contributed by atoms with Gasteiger partial charge in [0.1, 0.15) is 5.75 Å². The average Bonchev–Trinajstić information content (AvgIpc) is 2.49. The van der Waals surface area contributed by atoms with Gasteiger partial charge in [0.2, 0.25) is 0 Å². The van der Waals surface area contributed by atoms with Gasteiger partial charge in [-0.3, -0.25) is 4.79 Å². The Kier molecular flexibility index (Phi) is 4.66. The average molecular weight is 305 g/mol. The van der Waals surface area contributed by atoms with E-state index in [1.54, 1.807) is 13.2 Å². The van der Waals surface area contributed by atoms with Crippen LogP contribution < -0.4 is 0 Å². The number of carbonyl (C=O) groups is 1. The van der Waals surface area contributed by atoms with Crippen molar-refractivity contribution in [1.82, 2.24) is 0 Å². The summed E-state index contributed by atoms with van der Waals surface area (Å²) < 4.78 is 5.38. The minimum atomic E-state index is -0.288. The molecular formula is C17H17ClO3. The molecule has 0 bridgehead atoms. The van der Waals surface area contributed by atoms with Crippen LogP contribution in [0.15, 0.2) is 54.2 Å². The summed E-state index contributed by atoms with van der Waals surface area (Å²) in [6.07, 6.45) is 9.77. The van der Waals surface area contributed by atoms with Gasteiger partial charge < -0.3 is 9.84 Å². The number of aromatic hydroxyl groups is 1. The zero-order valence-corrected chi connectivity index (χ0v) is 12.7. The molecular weight excluding hydrogens is 288 g/mol. The predicted molar refractivity (Wildman–Crippen MR) is 83.8 cm³/mol. The highest BCUT2D eigenvalue weighted by atomic mass is 35.5. The monoisotopic (exact) mass is 304 g/mol. The van der Waals surface area contributed by atoms with Crippen LogP contribution in [-0.4, -0.2) is 23.6 Å². The molecule has 0 amide bonds. The lowest BCUT2D eigenvalue weighted by molar-refractivity contribution is 0.0503. The molecule has 1 aliphatic rings. The summed E-state index contributed by atoms with van der Waals surface area (Å²) >= 11 is 5.83. The molecule has 0 heterocycles. The van der Waals surface area contributed by atoms with Gasteiger partial charge in [0, 0.05) is 12.1 Å². The molecule has 0 saturated heterocycles. The fraction of sp³-hybridized carbons (Fsp3) is 0.235. The number of hydrogen-bond donors (Lipinski definition) is 1. The first kappa shape index (κ1) is 15.5. The second kappa shape index (κ2) is 6.29. The van der Waals surface area contributed by atoms with Gasteiger partial charge in [-0.2, -0.15) is 0 Å². The van der Waals surface area contributed by atoms with Crippen LogP contribution in [0.25, 0.3) is 0 Å². The molecule has 1 aliphatic carbocycles. The zero-order chi connectivity index (χ0) is 15.5. The number of benzene rings is 1. The first-order chi connectivity index (χ1) is 9.93. The van der Waals surface area contributed by atoms with Gasteiger partial charge in [-0.25, -0.2) is 0 Å². The van der Waals surface area contributed by atoms with Crippen molar-refractivity contribution >= 4 is 17.4 Å². The lowest BCUT2D eigenvalue weighted by Gasteiger charge is -2.25. The highest BCUT2D eigenvalue weighted by Gasteiger charge is 2.20. The Labute approximate surface area is 129 Å². The minimum absolute atomic E-state index is 0.0748. The Morgan fingerprint density at radius 2 is 2.24 bits per heavy atom. The van der Waals surface area contributed by atoms with E-state index >= 15 is 0 Å². The number of phenols is 1. The summed E-state index contributed by atoms with van der Waals surface area (Å²) in [7, 11) is 1.67. The van der Waals surface area contributed by atoms with Crippen LogP contribution in [0, 0.1) is 0 Å². The number of rotatable bonds is 4. The van der Waals surface area contributed by atoms with Crippen LogP contribution in [-0.2, 0) is 4.74 Å². The number of allylic oxidation sites excluding steroid dienone is 4. The van der Waals surface area contributed by atoms with Crippen LogP contribution >= 0.6 is 11.6 Å². The van der Waals surface area contributed by atoms with Crippen molar-refractivity contribution in [1.29, 1.82) is 0 Å². The standard InChI is InChI=1S/C17H17ClO3/c1-17(21-2)9-7-12(8-10-17)3-5-15(19)14-11-13(18)4-6-16(14)20/h3-9,11,20H,10H2,1-2H3. The molecule has 110 valence electrons. The number of hydrogen-bond acceptors (Lipinski definition) is 3. The Hall–Kier alpha value is -1.84. The van der Waals surface area contributed by atoms with E-state index in [4.69, 9.17) is 16.3 Å². The van der Waals surface area contributed by atoms with Gasteiger partial charge in [-0.15, -0.1) is 0 Å². The van der Waals surface area contributed by atoms with E-state index in [-0.39, 0.29) is 22.7 Å². The molecule has 1 atom stereocenters. The third-order valence-electron chi connectivity index (χ3n) is 3.49. The molecule has 21 heavy (non-hydrogen) atoms. The molecule has 0 radical (unpaired) electrons. The molecule has 1 unspecified atom stereocenters. The van der Waals surface area contributed by atoms with Gasteiger partial charge in [0.05, 0.1) is 11.2 Å². The number of halogens is 1. The number of methoxy groups -OCH3 is 1. The van der Waals surface area contributed by atoms with Gasteiger partial charge in [0.15, 0.2) is 5.78 Å². The summed E-state index contributed by atoms with van der Waals surface area (Å²) in [5.74, 6) is -0.362. The van der Waals surface area contributed by atoms with E-state index in [0.29, 0.717) is 5.02 Å². The van der Waals surface area contributed by atoms with E-state index in [9.17, 15) is 9.90 Å². The van der Waals surface area contributed by atoms with Crippen molar-refractivity contribution in [2.75, 3.05) is 7.11 Å². The highest BCUT2D eigenvalue weighted by molar-refractivity contribution is 6.31. The van der Waals surface area contributed by atoms with Crippen molar-refractivity contribution in [2.45, 2.75) is 18.9 Å². The molecule has 0 aliphatic heterocycles. The van der Waals surface area contributed by atoms with Crippen LogP contribution in [0.5, 0.6) is 5.75 Å². The quantitative estimate of drug-likeness (QED) is 0.673. The van der Waals surface area contributed by atoms with Crippen molar-refractivity contribution in [3.63, 3.8) is 0 Å². The summed E-state index contributed by atoms with van der Waals surface area (Å²) in [6.45, 7) is 2.00. The van der Waals surface area contributed by atoms with Crippen molar-refractivity contribution in [3.05, 3.63) is 64.7 Å². The predicted octanol–water partition coefficient (Wildman–Crippen LogP) is 4.08. The van der Waals surface area contributed by atoms with E-state index in [2.05, 4.69) is 0 Å². The van der Waals surface area contributed by atoms with Gasteiger partial charge in [-0.05, 0) is 43.2 Å². The van der Waals surface area contributed by atoms with Crippen molar-refractivity contribution in [3.8, 4) is 5.75 Å². The molecule has 0 saturated carbocycles. The molecule has 1 aromatic carbocycles. The largest absolute Gasteiger partial charge is 0.507 e. The number of phenolic OH excluding ortho intramolecular Hbond substituents is 1. The second-order valence-corrected chi connectivity index (χ2v) is 5.55. The first-order valence-corrected chi connectivity index (χ1v) is 6.97. The topological polar surface area (TPSA) is 46.5 Å². The van der Waals surface area contributed by atoms with Crippen LogP contribution in [0.1, 0.15) is 23.7 Å².